The van der Waals surface area contributed by atoms with Crippen LogP contribution in [0.25, 0.3) is 10.9 Å². The van der Waals surface area contributed by atoms with Gasteiger partial charge in [-0.25, -0.2) is 8.42 Å². The van der Waals surface area contributed by atoms with Gasteiger partial charge in [0.2, 0.25) is 0 Å². The molecule has 1 aliphatic carbocycles. The predicted octanol–water partition coefficient (Wildman–Crippen LogP) is 6.92. The fraction of sp³-hybridized carbons (Fsp3) is 0.515. The van der Waals surface area contributed by atoms with Crippen LogP contribution in [0.15, 0.2) is 47.4 Å². The van der Waals surface area contributed by atoms with E-state index in [1.807, 2.05) is 6.07 Å². The van der Waals surface area contributed by atoms with Crippen LogP contribution >= 0.6 is 0 Å². The number of aromatic nitrogens is 1. The summed E-state index contributed by atoms with van der Waals surface area (Å²) in [4.78, 5) is 2.69. The zero-order chi connectivity index (χ0) is 32.1. The molecule has 0 bridgehead atoms. The van der Waals surface area contributed by atoms with Crippen molar-refractivity contribution in [3.63, 3.8) is 0 Å². The topological polar surface area (TPSA) is 75.6 Å². The molecule has 2 N–H and O–H groups in total. The molecule has 2 aromatic carbocycles. The summed E-state index contributed by atoms with van der Waals surface area (Å²) >= 11 is 0. The maximum absolute atomic E-state index is 13.7. The zero-order valence-electron chi connectivity index (χ0n) is 26.1. The summed E-state index contributed by atoms with van der Waals surface area (Å²) in [5.41, 5.74) is 2.29. The van der Waals surface area contributed by atoms with Crippen LogP contribution in [-0.2, 0) is 16.4 Å². The van der Waals surface area contributed by atoms with Gasteiger partial charge >= 0.3 is 6.18 Å². The van der Waals surface area contributed by atoms with E-state index in [1.54, 1.807) is 24.3 Å². The first-order valence-corrected chi connectivity index (χ1v) is 17.0. The molecule has 0 saturated heterocycles. The van der Waals surface area contributed by atoms with E-state index in [0.29, 0.717) is 22.3 Å². The molecule has 1 fully saturated rings. The first kappa shape index (κ1) is 33.5. The molecule has 0 aliphatic heterocycles. The molecule has 0 amide bonds. The quantitative estimate of drug-likeness (QED) is 0.224. The lowest BCUT2D eigenvalue weighted by Gasteiger charge is -2.47. The van der Waals surface area contributed by atoms with Gasteiger partial charge in [0.1, 0.15) is 12.3 Å². The highest BCUT2D eigenvalue weighted by molar-refractivity contribution is 7.90. The molecule has 1 heterocycles. The molecular weight excluding hydrogens is 589 g/mol. The van der Waals surface area contributed by atoms with E-state index < -0.39 is 22.6 Å². The average molecular weight is 633 g/mol. The second kappa shape index (κ2) is 13.7. The molecule has 3 aromatic rings. The van der Waals surface area contributed by atoms with Gasteiger partial charge in [0.05, 0.1) is 35.4 Å². The van der Waals surface area contributed by atoms with Crippen molar-refractivity contribution in [1.82, 2.24) is 9.47 Å². The smallest absolute Gasteiger partial charge is 0.406 e. The molecular formula is C33H43F3N4O3S. The number of ether oxygens (including phenoxy) is 1. The van der Waals surface area contributed by atoms with E-state index in [9.17, 15) is 21.6 Å². The number of benzene rings is 2. The van der Waals surface area contributed by atoms with Crippen molar-refractivity contribution in [2.24, 2.45) is 0 Å². The SMILES string of the molecule is CCN(CC)[C@]1(CC)CC[C@@H](Nc2cccc3c2cc(C#CCNc2ccc(S(C)(=O)=O)cc2OC)n3CC(F)(F)F)CC1. The van der Waals surface area contributed by atoms with Crippen molar-refractivity contribution in [1.29, 1.82) is 0 Å². The van der Waals surface area contributed by atoms with Crippen molar-refractivity contribution in [3.8, 4) is 17.6 Å². The van der Waals surface area contributed by atoms with Gasteiger partial charge in [-0.2, -0.15) is 13.2 Å². The Morgan fingerprint density at radius 2 is 1.77 bits per heavy atom. The second-order valence-corrected chi connectivity index (χ2v) is 13.4. The first-order valence-electron chi connectivity index (χ1n) is 15.2. The van der Waals surface area contributed by atoms with Gasteiger partial charge in [0.25, 0.3) is 0 Å². The van der Waals surface area contributed by atoms with Crippen molar-refractivity contribution in [2.45, 2.75) is 82.1 Å². The summed E-state index contributed by atoms with van der Waals surface area (Å²) in [6.45, 7) is 7.70. The van der Waals surface area contributed by atoms with Crippen LogP contribution in [0.4, 0.5) is 24.5 Å². The Bertz CT molecular complexity index is 1610. The van der Waals surface area contributed by atoms with E-state index >= 15 is 0 Å². The lowest BCUT2D eigenvalue weighted by molar-refractivity contribution is -0.140. The van der Waals surface area contributed by atoms with Gasteiger partial charge in [-0.3, -0.25) is 4.90 Å². The van der Waals surface area contributed by atoms with Gasteiger partial charge in [0, 0.05) is 35.0 Å². The van der Waals surface area contributed by atoms with Gasteiger partial charge in [0.15, 0.2) is 9.84 Å². The van der Waals surface area contributed by atoms with E-state index in [2.05, 4.69) is 48.1 Å². The van der Waals surface area contributed by atoms with E-state index in [1.165, 1.54) is 23.8 Å². The number of hydrogen-bond acceptors (Lipinski definition) is 6. The number of anilines is 2. The number of sulfone groups is 1. The van der Waals surface area contributed by atoms with Crippen molar-refractivity contribution >= 4 is 32.1 Å². The molecule has 0 radical (unpaired) electrons. The molecule has 7 nitrogen and oxygen atoms in total. The maximum Gasteiger partial charge on any atom is 0.406 e. The number of hydrogen-bond donors (Lipinski definition) is 2. The fourth-order valence-electron chi connectivity index (χ4n) is 6.49. The highest BCUT2D eigenvalue weighted by Gasteiger charge is 2.37. The van der Waals surface area contributed by atoms with Crippen LogP contribution in [0.2, 0.25) is 0 Å². The van der Waals surface area contributed by atoms with E-state index in [0.717, 1.165) is 57.1 Å². The molecule has 1 saturated carbocycles. The predicted molar refractivity (Wildman–Crippen MR) is 171 cm³/mol. The molecule has 0 spiro atoms. The number of rotatable bonds is 11. The summed E-state index contributed by atoms with van der Waals surface area (Å²) in [5.74, 6) is 6.17. The lowest BCUT2D eigenvalue weighted by Crippen LogP contribution is -2.51. The van der Waals surface area contributed by atoms with Gasteiger partial charge in [-0.15, -0.1) is 0 Å². The third-order valence-electron chi connectivity index (χ3n) is 8.84. The zero-order valence-corrected chi connectivity index (χ0v) is 27.0. The highest BCUT2D eigenvalue weighted by atomic mass is 32.2. The molecule has 44 heavy (non-hydrogen) atoms. The summed E-state index contributed by atoms with van der Waals surface area (Å²) in [6.07, 6.45) is 1.95. The van der Waals surface area contributed by atoms with E-state index in [4.69, 9.17) is 4.74 Å². The standard InChI is InChI=1S/C33H43F3N4O3S/c1-6-32(39(7-2)8-3)18-16-24(17-19-32)38-28-12-9-13-30-27(28)21-25(40(30)23-33(34,35)36)11-10-20-37-29-15-14-26(44(5,41)42)22-31(29)43-4/h9,12-15,21-22,24,37-38H,6-8,16-20,23H2,1-5H3/t24-,32-. The molecule has 1 aromatic heterocycles. The third kappa shape index (κ3) is 7.64. The van der Waals surface area contributed by atoms with Crippen LogP contribution in [0, 0.1) is 11.8 Å². The third-order valence-corrected chi connectivity index (χ3v) is 9.95. The van der Waals surface area contributed by atoms with Crippen LogP contribution in [-0.4, -0.2) is 68.6 Å². The van der Waals surface area contributed by atoms with Crippen LogP contribution in [0.1, 0.15) is 58.6 Å². The molecule has 240 valence electrons. The summed E-state index contributed by atoms with van der Waals surface area (Å²) in [7, 11) is -1.98. The normalized spacial score (nSPS) is 19.1. The molecule has 0 unspecified atom stereocenters. The molecule has 11 heteroatoms. The second-order valence-electron chi connectivity index (χ2n) is 11.4. The minimum Gasteiger partial charge on any atom is -0.495 e. The highest BCUT2D eigenvalue weighted by Crippen LogP contribution is 2.38. The van der Waals surface area contributed by atoms with Crippen LogP contribution in [0.3, 0.4) is 0 Å². The number of halogens is 3. The number of methoxy groups -OCH3 is 1. The molecule has 1 aliphatic rings. The number of nitrogens with one attached hydrogen (secondary N) is 2. The minimum atomic E-state index is -4.42. The average Bonchev–Trinajstić information content (AvgIpc) is 3.32. The van der Waals surface area contributed by atoms with Crippen LogP contribution in [0.5, 0.6) is 5.75 Å². The number of alkyl halides is 3. The minimum absolute atomic E-state index is 0.112. The molecule has 4 rings (SSSR count). The fourth-order valence-corrected chi connectivity index (χ4v) is 7.13. The summed E-state index contributed by atoms with van der Waals surface area (Å²) in [6, 6.07) is 11.8. The Morgan fingerprint density at radius 1 is 1.07 bits per heavy atom. The van der Waals surface area contributed by atoms with Crippen LogP contribution < -0.4 is 15.4 Å². The van der Waals surface area contributed by atoms with Crippen molar-refractivity contribution < 1.29 is 26.3 Å². The Balaban J connectivity index is 1.56. The summed E-state index contributed by atoms with van der Waals surface area (Å²) in [5, 5.41) is 7.43. The Kier molecular flexibility index (Phi) is 10.5. The van der Waals surface area contributed by atoms with E-state index in [-0.39, 0.29) is 28.7 Å². The lowest BCUT2D eigenvalue weighted by atomic mass is 9.76. The van der Waals surface area contributed by atoms with Crippen molar-refractivity contribution in [3.05, 3.63) is 48.2 Å². The Labute approximate surface area is 259 Å². The van der Waals surface area contributed by atoms with Gasteiger partial charge in [-0.05, 0) is 81.4 Å². The maximum atomic E-state index is 13.7. The first-order chi connectivity index (χ1) is 20.8. The Morgan fingerprint density at radius 3 is 2.36 bits per heavy atom. The number of nitrogens with zero attached hydrogens (tertiary/aromatic N) is 2. The summed E-state index contributed by atoms with van der Waals surface area (Å²) < 4.78 is 71.3. The van der Waals surface area contributed by atoms with Crippen molar-refractivity contribution in [2.75, 3.05) is 43.6 Å². The Hall–Kier alpha value is -3.36. The van der Waals surface area contributed by atoms with Gasteiger partial charge in [-0.1, -0.05) is 32.8 Å². The largest absolute Gasteiger partial charge is 0.495 e. The molecule has 0 atom stereocenters. The van der Waals surface area contributed by atoms with Gasteiger partial charge < -0.3 is 19.9 Å². The monoisotopic (exact) mass is 632 g/mol. The number of fused-ring (bicyclic) bond motifs is 1.